The summed E-state index contributed by atoms with van der Waals surface area (Å²) < 4.78 is 5.74. The Morgan fingerprint density at radius 3 is 2.79 bits per heavy atom. The molecule has 2 heterocycles. The van der Waals surface area contributed by atoms with Crippen molar-refractivity contribution in [1.82, 2.24) is 0 Å². The molecule has 1 aliphatic heterocycles. The summed E-state index contributed by atoms with van der Waals surface area (Å²) in [5.41, 5.74) is 3.18. The third kappa shape index (κ3) is 3.54. The molecule has 0 saturated carbocycles. The van der Waals surface area contributed by atoms with Gasteiger partial charge in [-0.25, -0.2) is 0 Å². The van der Waals surface area contributed by atoms with Crippen LogP contribution in [0.4, 0.5) is 5.69 Å². The van der Waals surface area contributed by atoms with Crippen LogP contribution in [0.15, 0.2) is 53.4 Å². The SMILES string of the molecule is CCOc1ccccc1N(CC)C(=O)c1cc2c(s1)-c1ccc(Cl)cc1SC2. The van der Waals surface area contributed by atoms with Crippen LogP contribution in [-0.4, -0.2) is 19.1 Å². The number of carbonyl (C=O) groups excluding carboxylic acids is 1. The average molecular weight is 430 g/mol. The summed E-state index contributed by atoms with van der Waals surface area (Å²) in [5, 5.41) is 0.743. The Labute approximate surface area is 178 Å². The minimum Gasteiger partial charge on any atom is -0.492 e. The maximum absolute atomic E-state index is 13.4. The van der Waals surface area contributed by atoms with E-state index >= 15 is 0 Å². The number of fused-ring (bicyclic) bond motifs is 3. The first kappa shape index (κ1) is 19.4. The van der Waals surface area contributed by atoms with Crippen molar-refractivity contribution >= 4 is 46.3 Å². The standard InChI is InChI=1S/C22H20ClNO2S2/c1-3-24(17-7-5-6-8-18(17)26-4-2)22(25)20-11-14-13-27-19-12-15(23)9-10-16(19)21(14)28-20/h5-12H,3-4,13H2,1-2H3. The van der Waals surface area contributed by atoms with Crippen molar-refractivity contribution in [2.24, 2.45) is 0 Å². The fourth-order valence-corrected chi connectivity index (χ4v) is 5.98. The van der Waals surface area contributed by atoms with Crippen molar-refractivity contribution < 1.29 is 9.53 Å². The number of thioether (sulfide) groups is 1. The highest BCUT2D eigenvalue weighted by Gasteiger charge is 2.26. The molecular weight excluding hydrogens is 410 g/mol. The lowest BCUT2D eigenvalue weighted by Gasteiger charge is -2.23. The highest BCUT2D eigenvalue weighted by Crippen LogP contribution is 2.46. The molecule has 1 aromatic heterocycles. The first-order valence-corrected chi connectivity index (χ1v) is 11.4. The summed E-state index contributed by atoms with van der Waals surface area (Å²) in [7, 11) is 0. The van der Waals surface area contributed by atoms with E-state index in [0.29, 0.717) is 13.2 Å². The van der Waals surface area contributed by atoms with Crippen LogP contribution in [-0.2, 0) is 5.75 Å². The van der Waals surface area contributed by atoms with E-state index in [1.807, 2.05) is 56.3 Å². The number of benzene rings is 2. The van der Waals surface area contributed by atoms with Gasteiger partial charge in [-0.1, -0.05) is 29.8 Å². The average Bonchev–Trinajstić information content (AvgIpc) is 3.14. The Hall–Kier alpha value is -1.95. The van der Waals surface area contributed by atoms with Crippen LogP contribution in [0.3, 0.4) is 0 Å². The predicted molar refractivity (Wildman–Crippen MR) is 119 cm³/mol. The maximum atomic E-state index is 13.4. The number of hydrogen-bond donors (Lipinski definition) is 0. The molecule has 0 saturated heterocycles. The van der Waals surface area contributed by atoms with E-state index in [2.05, 4.69) is 6.07 Å². The van der Waals surface area contributed by atoms with Crippen molar-refractivity contribution in [2.45, 2.75) is 24.5 Å². The van der Waals surface area contributed by atoms with Crippen LogP contribution in [0.2, 0.25) is 5.02 Å². The molecule has 28 heavy (non-hydrogen) atoms. The molecule has 0 bridgehead atoms. The normalized spacial score (nSPS) is 12.2. The van der Waals surface area contributed by atoms with Crippen LogP contribution in [0, 0.1) is 0 Å². The van der Waals surface area contributed by atoms with Gasteiger partial charge in [-0.15, -0.1) is 23.1 Å². The largest absolute Gasteiger partial charge is 0.492 e. The van der Waals surface area contributed by atoms with Crippen LogP contribution >= 0.6 is 34.7 Å². The zero-order valence-corrected chi connectivity index (χ0v) is 18.1. The molecule has 4 rings (SSSR count). The van der Waals surface area contributed by atoms with Crippen molar-refractivity contribution in [1.29, 1.82) is 0 Å². The molecular formula is C22H20ClNO2S2. The third-order valence-electron chi connectivity index (χ3n) is 4.61. The van der Waals surface area contributed by atoms with Gasteiger partial charge in [0.2, 0.25) is 0 Å². The number of anilines is 1. The number of rotatable bonds is 5. The summed E-state index contributed by atoms with van der Waals surface area (Å²) in [5.74, 6) is 1.60. The van der Waals surface area contributed by atoms with E-state index in [1.165, 1.54) is 15.3 Å². The lowest BCUT2D eigenvalue weighted by Crippen LogP contribution is -2.30. The summed E-state index contributed by atoms with van der Waals surface area (Å²) in [6, 6.07) is 15.7. The second-order valence-corrected chi connectivity index (χ2v) is 8.85. The number of carbonyl (C=O) groups is 1. The molecule has 1 amide bonds. The smallest absolute Gasteiger partial charge is 0.268 e. The van der Waals surface area contributed by atoms with Crippen LogP contribution in [0.1, 0.15) is 29.1 Å². The van der Waals surface area contributed by atoms with Gasteiger partial charge in [0.15, 0.2) is 0 Å². The molecule has 0 spiro atoms. The number of para-hydroxylation sites is 2. The first-order valence-electron chi connectivity index (χ1n) is 9.21. The molecule has 0 atom stereocenters. The van der Waals surface area contributed by atoms with E-state index in [4.69, 9.17) is 16.3 Å². The minimum atomic E-state index is 0.00886. The van der Waals surface area contributed by atoms with Crippen molar-refractivity contribution in [3.8, 4) is 16.2 Å². The second kappa shape index (κ2) is 8.19. The summed E-state index contributed by atoms with van der Waals surface area (Å²) in [6.07, 6.45) is 0. The van der Waals surface area contributed by atoms with Gasteiger partial charge < -0.3 is 9.64 Å². The fraction of sp³-hybridized carbons (Fsp3) is 0.227. The number of thiophene rings is 1. The molecule has 0 unspecified atom stereocenters. The van der Waals surface area contributed by atoms with Crippen LogP contribution in [0.25, 0.3) is 10.4 Å². The molecule has 0 fully saturated rings. The van der Waals surface area contributed by atoms with Crippen molar-refractivity contribution in [3.05, 3.63) is 64.0 Å². The zero-order valence-electron chi connectivity index (χ0n) is 15.7. The van der Waals surface area contributed by atoms with Crippen molar-refractivity contribution in [3.63, 3.8) is 0 Å². The lowest BCUT2D eigenvalue weighted by atomic mass is 10.1. The van der Waals surface area contributed by atoms with Gasteiger partial charge >= 0.3 is 0 Å². The summed E-state index contributed by atoms with van der Waals surface area (Å²) >= 11 is 9.47. The highest BCUT2D eigenvalue weighted by atomic mass is 35.5. The topological polar surface area (TPSA) is 29.5 Å². The molecule has 144 valence electrons. The lowest BCUT2D eigenvalue weighted by molar-refractivity contribution is 0.0991. The Balaban J connectivity index is 1.70. The number of halogens is 1. The number of hydrogen-bond acceptors (Lipinski definition) is 4. The number of amides is 1. The molecule has 1 aliphatic rings. The van der Waals surface area contributed by atoms with E-state index in [-0.39, 0.29) is 5.91 Å². The highest BCUT2D eigenvalue weighted by molar-refractivity contribution is 7.98. The van der Waals surface area contributed by atoms with E-state index < -0.39 is 0 Å². The Kier molecular flexibility index (Phi) is 5.67. The van der Waals surface area contributed by atoms with E-state index in [0.717, 1.165) is 32.7 Å². The summed E-state index contributed by atoms with van der Waals surface area (Å²) in [6.45, 7) is 5.07. The third-order valence-corrected chi connectivity index (χ3v) is 7.15. The second-order valence-electron chi connectivity index (χ2n) is 6.34. The quantitative estimate of drug-likeness (QED) is 0.449. The molecule has 0 N–H and O–H groups in total. The molecule has 0 aliphatic carbocycles. The zero-order chi connectivity index (χ0) is 19.7. The molecule has 2 aromatic carbocycles. The fourth-order valence-electron chi connectivity index (χ4n) is 3.34. The Morgan fingerprint density at radius 1 is 1.18 bits per heavy atom. The van der Waals surface area contributed by atoms with Gasteiger partial charge in [-0.2, -0.15) is 0 Å². The van der Waals surface area contributed by atoms with Crippen LogP contribution < -0.4 is 9.64 Å². The van der Waals surface area contributed by atoms with Gasteiger partial charge in [0.25, 0.3) is 5.91 Å². The monoisotopic (exact) mass is 429 g/mol. The van der Waals surface area contributed by atoms with Crippen LogP contribution in [0.5, 0.6) is 5.75 Å². The van der Waals surface area contributed by atoms with Gasteiger partial charge in [0.05, 0.1) is 17.2 Å². The minimum absolute atomic E-state index is 0.00886. The first-order chi connectivity index (χ1) is 13.6. The molecule has 0 radical (unpaired) electrons. The number of ether oxygens (including phenoxy) is 1. The van der Waals surface area contributed by atoms with Gasteiger partial charge in [0, 0.05) is 32.7 Å². The maximum Gasteiger partial charge on any atom is 0.268 e. The predicted octanol–water partition coefficient (Wildman–Crippen LogP) is 6.74. The van der Waals surface area contributed by atoms with E-state index in [9.17, 15) is 4.79 Å². The van der Waals surface area contributed by atoms with Gasteiger partial charge in [-0.05, 0) is 49.7 Å². The molecule has 3 aromatic rings. The Bertz CT molecular complexity index is 1030. The van der Waals surface area contributed by atoms with E-state index in [1.54, 1.807) is 28.0 Å². The molecule has 6 heteroatoms. The van der Waals surface area contributed by atoms with Crippen molar-refractivity contribution in [2.75, 3.05) is 18.1 Å². The Morgan fingerprint density at radius 2 is 2.00 bits per heavy atom. The summed E-state index contributed by atoms with van der Waals surface area (Å²) in [4.78, 5) is 18.3. The molecule has 3 nitrogen and oxygen atoms in total. The number of nitrogens with zero attached hydrogens (tertiary/aromatic N) is 1. The van der Waals surface area contributed by atoms with Gasteiger partial charge in [0.1, 0.15) is 5.75 Å². The van der Waals surface area contributed by atoms with Gasteiger partial charge in [-0.3, -0.25) is 4.79 Å².